The summed E-state index contributed by atoms with van der Waals surface area (Å²) < 4.78 is 0. The minimum atomic E-state index is 1.12. The fourth-order valence-electron chi connectivity index (χ4n) is 1.74. The van der Waals surface area contributed by atoms with Crippen molar-refractivity contribution in [1.82, 2.24) is 0 Å². The first kappa shape index (κ1) is 10.1. The Morgan fingerprint density at radius 1 is 1.00 bits per heavy atom. The van der Waals surface area contributed by atoms with Crippen LogP contribution in [0.1, 0.15) is 36.8 Å². The standard InChI is InChI=1S/C15H16/c1-13-7-9-15(10-8-13)12-11-14-5-3-2-4-6-14/h5,7-10H,2-4,6H2,1H3. The molecule has 0 nitrogen and oxygen atoms in total. The van der Waals surface area contributed by atoms with Crippen molar-refractivity contribution in [3.63, 3.8) is 0 Å². The van der Waals surface area contributed by atoms with E-state index in [-0.39, 0.29) is 0 Å². The summed E-state index contributed by atoms with van der Waals surface area (Å²) in [6.07, 6.45) is 7.28. The molecule has 0 aliphatic heterocycles. The molecule has 1 aliphatic rings. The second kappa shape index (κ2) is 4.84. The van der Waals surface area contributed by atoms with Crippen molar-refractivity contribution < 1.29 is 0 Å². The van der Waals surface area contributed by atoms with E-state index in [9.17, 15) is 0 Å². The third-order valence-electron chi connectivity index (χ3n) is 2.71. The number of hydrogen-bond acceptors (Lipinski definition) is 0. The summed E-state index contributed by atoms with van der Waals surface area (Å²) in [5.74, 6) is 6.49. The van der Waals surface area contributed by atoms with Crippen LogP contribution in [0.5, 0.6) is 0 Å². The number of rotatable bonds is 0. The minimum Gasteiger partial charge on any atom is -0.0729 e. The van der Waals surface area contributed by atoms with Crippen LogP contribution >= 0.6 is 0 Å². The average molecular weight is 196 g/mol. The zero-order valence-corrected chi connectivity index (χ0v) is 9.22. The van der Waals surface area contributed by atoms with Gasteiger partial charge in [-0.15, -0.1) is 0 Å². The predicted octanol–water partition coefficient (Wildman–Crippen LogP) is 3.85. The molecule has 0 saturated carbocycles. The number of benzene rings is 1. The SMILES string of the molecule is Cc1ccc(C#CC2=CCCCC2)cc1. The van der Waals surface area contributed by atoms with Crippen LogP contribution < -0.4 is 0 Å². The monoisotopic (exact) mass is 196 g/mol. The van der Waals surface area contributed by atoms with Gasteiger partial charge in [-0.1, -0.05) is 35.6 Å². The van der Waals surface area contributed by atoms with Crippen LogP contribution in [0.2, 0.25) is 0 Å². The third kappa shape index (κ3) is 2.99. The average Bonchev–Trinajstić information content (AvgIpc) is 2.30. The van der Waals surface area contributed by atoms with Crippen LogP contribution in [-0.4, -0.2) is 0 Å². The highest BCUT2D eigenvalue weighted by Gasteiger charge is 1.99. The Morgan fingerprint density at radius 3 is 2.47 bits per heavy atom. The quantitative estimate of drug-likeness (QED) is 0.553. The normalized spacial score (nSPS) is 15.1. The van der Waals surface area contributed by atoms with Crippen LogP contribution in [0.3, 0.4) is 0 Å². The molecule has 0 amide bonds. The lowest BCUT2D eigenvalue weighted by atomic mass is 10.00. The molecule has 0 N–H and O–H groups in total. The van der Waals surface area contributed by atoms with Gasteiger partial charge in [-0.05, 0) is 50.3 Å². The molecule has 0 radical (unpaired) electrons. The molecule has 76 valence electrons. The highest BCUT2D eigenvalue weighted by Crippen LogP contribution is 2.16. The van der Waals surface area contributed by atoms with Crippen LogP contribution in [0, 0.1) is 18.8 Å². The van der Waals surface area contributed by atoms with E-state index < -0.39 is 0 Å². The summed E-state index contributed by atoms with van der Waals surface area (Å²) in [7, 11) is 0. The van der Waals surface area contributed by atoms with Crippen molar-refractivity contribution in [2.24, 2.45) is 0 Å². The van der Waals surface area contributed by atoms with Crippen LogP contribution in [-0.2, 0) is 0 Å². The van der Waals surface area contributed by atoms with E-state index >= 15 is 0 Å². The van der Waals surface area contributed by atoms with Gasteiger partial charge in [0.1, 0.15) is 0 Å². The highest BCUT2D eigenvalue weighted by molar-refractivity contribution is 5.41. The molecule has 1 aromatic rings. The van der Waals surface area contributed by atoms with Crippen molar-refractivity contribution in [2.45, 2.75) is 32.6 Å². The number of hydrogen-bond donors (Lipinski definition) is 0. The summed E-state index contributed by atoms with van der Waals surface area (Å²) in [5, 5.41) is 0. The third-order valence-corrected chi connectivity index (χ3v) is 2.71. The predicted molar refractivity (Wildman–Crippen MR) is 64.6 cm³/mol. The first-order chi connectivity index (χ1) is 7.34. The largest absolute Gasteiger partial charge is 0.0729 e. The maximum absolute atomic E-state index is 3.27. The van der Waals surface area contributed by atoms with Gasteiger partial charge in [0.05, 0.1) is 0 Å². The molecule has 2 rings (SSSR count). The van der Waals surface area contributed by atoms with Gasteiger partial charge in [0, 0.05) is 5.56 Å². The number of aryl methyl sites for hydroxylation is 1. The molecular formula is C15H16. The van der Waals surface area contributed by atoms with E-state index in [1.807, 2.05) is 0 Å². The molecule has 0 saturated heterocycles. The van der Waals surface area contributed by atoms with E-state index in [0.717, 1.165) is 5.56 Å². The summed E-state index contributed by atoms with van der Waals surface area (Å²) in [5.41, 5.74) is 3.73. The van der Waals surface area contributed by atoms with Crippen LogP contribution in [0.15, 0.2) is 35.9 Å². The van der Waals surface area contributed by atoms with E-state index in [1.165, 1.54) is 36.8 Å². The Bertz CT molecular complexity index is 410. The molecule has 1 aliphatic carbocycles. The first-order valence-corrected chi connectivity index (χ1v) is 5.62. The molecule has 0 heterocycles. The van der Waals surface area contributed by atoms with Crippen molar-refractivity contribution in [2.75, 3.05) is 0 Å². The van der Waals surface area contributed by atoms with Gasteiger partial charge >= 0.3 is 0 Å². The van der Waals surface area contributed by atoms with Gasteiger partial charge in [0.25, 0.3) is 0 Å². The van der Waals surface area contributed by atoms with Gasteiger partial charge in [-0.3, -0.25) is 0 Å². The van der Waals surface area contributed by atoms with Gasteiger partial charge in [0.2, 0.25) is 0 Å². The molecule has 0 spiro atoms. The first-order valence-electron chi connectivity index (χ1n) is 5.62. The maximum atomic E-state index is 3.27. The second-order valence-electron chi connectivity index (χ2n) is 4.09. The Kier molecular flexibility index (Phi) is 3.25. The molecule has 1 aromatic carbocycles. The van der Waals surface area contributed by atoms with Crippen molar-refractivity contribution in [3.05, 3.63) is 47.0 Å². The molecule has 0 unspecified atom stereocenters. The lowest BCUT2D eigenvalue weighted by Crippen LogP contribution is -1.88. The van der Waals surface area contributed by atoms with Crippen LogP contribution in [0.4, 0.5) is 0 Å². The van der Waals surface area contributed by atoms with Gasteiger partial charge < -0.3 is 0 Å². The van der Waals surface area contributed by atoms with Gasteiger partial charge in [-0.2, -0.15) is 0 Å². The summed E-state index contributed by atoms with van der Waals surface area (Å²) >= 11 is 0. The summed E-state index contributed by atoms with van der Waals surface area (Å²) in [6, 6.07) is 8.40. The number of allylic oxidation sites excluding steroid dienone is 2. The fraction of sp³-hybridized carbons (Fsp3) is 0.333. The molecule has 0 heteroatoms. The molecule has 0 atom stereocenters. The smallest absolute Gasteiger partial charge is 0.0249 e. The lowest BCUT2D eigenvalue weighted by molar-refractivity contribution is 0.715. The van der Waals surface area contributed by atoms with E-state index in [1.54, 1.807) is 0 Å². The van der Waals surface area contributed by atoms with Crippen LogP contribution in [0.25, 0.3) is 0 Å². The molecule has 0 fully saturated rings. The lowest BCUT2D eigenvalue weighted by Gasteiger charge is -2.05. The van der Waals surface area contributed by atoms with Crippen molar-refractivity contribution >= 4 is 0 Å². The maximum Gasteiger partial charge on any atom is 0.0249 e. The Balaban J connectivity index is 2.10. The van der Waals surface area contributed by atoms with E-state index in [2.05, 4.69) is 49.1 Å². The Labute approximate surface area is 92.0 Å². The molecule has 0 bridgehead atoms. The van der Waals surface area contributed by atoms with E-state index in [0.29, 0.717) is 0 Å². The van der Waals surface area contributed by atoms with Crippen molar-refractivity contribution in [1.29, 1.82) is 0 Å². The van der Waals surface area contributed by atoms with Crippen molar-refractivity contribution in [3.8, 4) is 11.8 Å². The summed E-state index contributed by atoms with van der Waals surface area (Å²) in [6.45, 7) is 2.10. The Hall–Kier alpha value is -1.48. The second-order valence-corrected chi connectivity index (χ2v) is 4.09. The molecule has 0 aromatic heterocycles. The topological polar surface area (TPSA) is 0 Å². The highest BCUT2D eigenvalue weighted by atomic mass is 14.0. The van der Waals surface area contributed by atoms with Gasteiger partial charge in [-0.25, -0.2) is 0 Å². The Morgan fingerprint density at radius 2 is 1.80 bits per heavy atom. The molecular weight excluding hydrogens is 180 g/mol. The zero-order valence-electron chi connectivity index (χ0n) is 9.22. The van der Waals surface area contributed by atoms with Gasteiger partial charge in [0.15, 0.2) is 0 Å². The zero-order chi connectivity index (χ0) is 10.5. The molecule has 15 heavy (non-hydrogen) atoms. The summed E-state index contributed by atoms with van der Waals surface area (Å²) in [4.78, 5) is 0. The van der Waals surface area contributed by atoms with E-state index in [4.69, 9.17) is 0 Å². The minimum absolute atomic E-state index is 1.12. The fourth-order valence-corrected chi connectivity index (χ4v) is 1.74.